The van der Waals surface area contributed by atoms with Crippen LogP contribution >= 0.6 is 11.6 Å². The summed E-state index contributed by atoms with van der Waals surface area (Å²) in [6.45, 7) is 1.33. The van der Waals surface area contributed by atoms with Crippen LogP contribution in [0.5, 0.6) is 0 Å². The van der Waals surface area contributed by atoms with Crippen molar-refractivity contribution in [3.05, 3.63) is 29.8 Å². The number of anilines is 1. The second-order valence-electron chi connectivity index (χ2n) is 5.87. The van der Waals surface area contributed by atoms with Crippen molar-refractivity contribution in [3.63, 3.8) is 0 Å². The van der Waals surface area contributed by atoms with Crippen molar-refractivity contribution < 1.29 is 32.3 Å². The van der Waals surface area contributed by atoms with Crippen LogP contribution in [0.1, 0.15) is 12.5 Å². The maximum Gasteiger partial charge on any atom is 0.416 e. The first-order chi connectivity index (χ1) is 11.0. The standard InChI is InChI=1S/C15H11ClF3NO4/c1-13-9(14(13,16)12(23)24-2)10(21)20(11(13)22)8-5-3-4-7(6-8)15(17,18)19/h3-6,9H,1-2H3/t9-,13-,14-/m0/s1. The minimum atomic E-state index is -4.61. The minimum absolute atomic E-state index is 0.211. The van der Waals surface area contributed by atoms with Crippen molar-refractivity contribution in [2.75, 3.05) is 12.0 Å². The monoisotopic (exact) mass is 361 g/mol. The lowest BCUT2D eigenvalue weighted by molar-refractivity contribution is -0.144. The molecule has 3 rings (SSSR count). The van der Waals surface area contributed by atoms with Gasteiger partial charge in [0, 0.05) is 0 Å². The van der Waals surface area contributed by atoms with Gasteiger partial charge in [0.05, 0.1) is 29.7 Å². The van der Waals surface area contributed by atoms with Gasteiger partial charge in [-0.05, 0) is 25.1 Å². The van der Waals surface area contributed by atoms with Gasteiger partial charge in [-0.3, -0.25) is 14.4 Å². The van der Waals surface area contributed by atoms with E-state index < -0.39 is 45.7 Å². The van der Waals surface area contributed by atoms with E-state index in [1.807, 2.05) is 0 Å². The molecule has 0 N–H and O–H groups in total. The first kappa shape index (κ1) is 16.8. The van der Waals surface area contributed by atoms with Crippen LogP contribution < -0.4 is 4.90 Å². The largest absolute Gasteiger partial charge is 0.468 e. The number of hydrogen-bond donors (Lipinski definition) is 0. The number of alkyl halides is 4. The number of imide groups is 1. The molecule has 9 heteroatoms. The van der Waals surface area contributed by atoms with E-state index in [2.05, 4.69) is 4.74 Å². The lowest BCUT2D eigenvalue weighted by Gasteiger charge is -2.23. The average molecular weight is 362 g/mol. The summed E-state index contributed by atoms with van der Waals surface area (Å²) < 4.78 is 43.0. The molecule has 1 aromatic carbocycles. The fraction of sp³-hybridized carbons (Fsp3) is 0.400. The number of esters is 1. The van der Waals surface area contributed by atoms with Crippen LogP contribution in [-0.2, 0) is 25.3 Å². The molecule has 1 aromatic rings. The summed E-state index contributed by atoms with van der Waals surface area (Å²) in [7, 11) is 1.07. The molecule has 0 bridgehead atoms. The number of ether oxygens (including phenoxy) is 1. The van der Waals surface area contributed by atoms with Crippen molar-refractivity contribution in [1.29, 1.82) is 0 Å². The maximum absolute atomic E-state index is 12.8. The van der Waals surface area contributed by atoms with Crippen molar-refractivity contribution >= 4 is 35.1 Å². The van der Waals surface area contributed by atoms with E-state index in [-0.39, 0.29) is 5.69 Å². The molecule has 128 valence electrons. The number of rotatable bonds is 2. The summed E-state index contributed by atoms with van der Waals surface area (Å²) in [5.41, 5.74) is -2.74. The van der Waals surface area contributed by atoms with Gasteiger partial charge in [0.1, 0.15) is 0 Å². The second-order valence-corrected chi connectivity index (χ2v) is 6.46. The third kappa shape index (κ3) is 1.80. The fourth-order valence-corrected chi connectivity index (χ4v) is 3.80. The Morgan fingerprint density at radius 2 is 1.96 bits per heavy atom. The third-order valence-electron chi connectivity index (χ3n) is 4.68. The number of carbonyl (C=O) groups excluding carboxylic acids is 3. The summed E-state index contributed by atoms with van der Waals surface area (Å²) in [6, 6.07) is 3.85. The van der Waals surface area contributed by atoms with Crippen LogP contribution in [0.25, 0.3) is 0 Å². The predicted molar refractivity (Wildman–Crippen MR) is 76.1 cm³/mol. The smallest absolute Gasteiger partial charge is 0.416 e. The van der Waals surface area contributed by atoms with Gasteiger partial charge in [-0.1, -0.05) is 6.07 Å². The Bertz CT molecular complexity index is 780. The van der Waals surface area contributed by atoms with E-state index in [1.54, 1.807) is 0 Å². The Morgan fingerprint density at radius 3 is 2.42 bits per heavy atom. The van der Waals surface area contributed by atoms with Gasteiger partial charge in [0.15, 0.2) is 4.87 Å². The second kappa shape index (κ2) is 4.72. The van der Waals surface area contributed by atoms with Crippen LogP contribution in [0, 0.1) is 11.3 Å². The molecule has 24 heavy (non-hydrogen) atoms. The zero-order valence-corrected chi connectivity index (χ0v) is 13.2. The molecule has 0 spiro atoms. The molecule has 3 atom stereocenters. The van der Waals surface area contributed by atoms with Crippen LogP contribution in [0.15, 0.2) is 24.3 Å². The number of benzene rings is 1. The molecule has 1 saturated carbocycles. The van der Waals surface area contributed by atoms with Gasteiger partial charge in [0.25, 0.3) is 0 Å². The van der Waals surface area contributed by atoms with Gasteiger partial charge in [0.2, 0.25) is 11.8 Å². The van der Waals surface area contributed by atoms with E-state index in [0.29, 0.717) is 11.0 Å². The third-order valence-corrected chi connectivity index (χ3v) is 5.44. The Morgan fingerprint density at radius 1 is 1.33 bits per heavy atom. The SMILES string of the molecule is COC(=O)[C@@]1(Cl)[C@H]2C(=O)N(c3cccc(C(F)(F)F)c3)C(=O)[C@]21C. The van der Waals surface area contributed by atoms with E-state index >= 15 is 0 Å². The summed E-state index contributed by atoms with van der Waals surface area (Å²) in [4.78, 5) is 35.7. The molecule has 2 fully saturated rings. The Balaban J connectivity index is 2.00. The van der Waals surface area contributed by atoms with E-state index in [9.17, 15) is 27.6 Å². The number of methoxy groups -OCH3 is 1. The summed E-state index contributed by atoms with van der Waals surface area (Å²) in [5.74, 6) is -3.72. The minimum Gasteiger partial charge on any atom is -0.468 e. The van der Waals surface area contributed by atoms with Crippen LogP contribution in [0.4, 0.5) is 18.9 Å². The molecule has 1 aliphatic carbocycles. The van der Waals surface area contributed by atoms with Gasteiger partial charge in [-0.2, -0.15) is 13.2 Å². The number of piperidine rings is 1. The van der Waals surface area contributed by atoms with Gasteiger partial charge < -0.3 is 4.74 Å². The topological polar surface area (TPSA) is 63.7 Å². The predicted octanol–water partition coefficient (Wildman–Crippen LogP) is 2.37. The van der Waals surface area contributed by atoms with Gasteiger partial charge in [-0.15, -0.1) is 11.6 Å². The van der Waals surface area contributed by atoms with E-state index in [4.69, 9.17) is 11.6 Å². The summed E-state index contributed by atoms with van der Waals surface area (Å²) >= 11 is 6.13. The number of fused-ring (bicyclic) bond motifs is 1. The van der Waals surface area contributed by atoms with Gasteiger partial charge in [-0.25, -0.2) is 4.90 Å². The number of amides is 2. The highest BCUT2D eigenvalue weighted by Gasteiger charge is 2.90. The van der Waals surface area contributed by atoms with Crippen LogP contribution in [0.3, 0.4) is 0 Å². The Kier molecular flexibility index (Phi) is 3.29. The van der Waals surface area contributed by atoms with Crippen molar-refractivity contribution in [1.82, 2.24) is 0 Å². The summed E-state index contributed by atoms with van der Waals surface area (Å²) in [5, 5.41) is 0. The zero-order chi connectivity index (χ0) is 18.1. The number of halogens is 4. The molecule has 1 aliphatic heterocycles. The van der Waals surface area contributed by atoms with Crippen molar-refractivity contribution in [3.8, 4) is 0 Å². The number of hydrogen-bond acceptors (Lipinski definition) is 4. The molecule has 0 radical (unpaired) electrons. The normalized spacial score (nSPS) is 31.9. The van der Waals surface area contributed by atoms with E-state index in [0.717, 1.165) is 19.2 Å². The average Bonchev–Trinajstić information content (AvgIpc) is 2.95. The lowest BCUT2D eigenvalue weighted by atomic mass is 10.0. The molecule has 1 saturated heterocycles. The Hall–Kier alpha value is -2.09. The summed E-state index contributed by atoms with van der Waals surface area (Å²) in [6.07, 6.45) is -4.61. The zero-order valence-electron chi connectivity index (χ0n) is 12.5. The highest BCUT2D eigenvalue weighted by atomic mass is 35.5. The van der Waals surface area contributed by atoms with Gasteiger partial charge >= 0.3 is 12.1 Å². The molecule has 1 heterocycles. The van der Waals surface area contributed by atoms with Crippen molar-refractivity contribution in [2.24, 2.45) is 11.3 Å². The molecule has 0 unspecified atom stereocenters. The Labute approximate surface area is 139 Å². The van der Waals surface area contributed by atoms with E-state index in [1.165, 1.54) is 13.0 Å². The quantitative estimate of drug-likeness (QED) is 0.461. The molecule has 0 aromatic heterocycles. The highest BCUT2D eigenvalue weighted by Crippen LogP contribution is 2.71. The first-order valence-corrected chi connectivity index (χ1v) is 7.22. The molecule has 5 nitrogen and oxygen atoms in total. The molecule has 2 aliphatic rings. The van der Waals surface area contributed by atoms with Crippen LogP contribution in [-0.4, -0.2) is 29.8 Å². The fourth-order valence-electron chi connectivity index (χ4n) is 3.28. The lowest BCUT2D eigenvalue weighted by Crippen LogP contribution is -2.44. The highest BCUT2D eigenvalue weighted by molar-refractivity contribution is 6.48. The first-order valence-electron chi connectivity index (χ1n) is 6.84. The maximum atomic E-state index is 12.8. The molecular formula is C15H11ClF3NO4. The molecular weight excluding hydrogens is 351 g/mol. The molecule has 2 amide bonds. The number of carbonyl (C=O) groups is 3. The van der Waals surface area contributed by atoms with Crippen LogP contribution in [0.2, 0.25) is 0 Å². The number of nitrogens with zero attached hydrogens (tertiary/aromatic N) is 1. The van der Waals surface area contributed by atoms with Crippen molar-refractivity contribution in [2.45, 2.75) is 18.0 Å².